The van der Waals surface area contributed by atoms with Gasteiger partial charge in [-0.15, -0.1) is 0 Å². The van der Waals surface area contributed by atoms with Crippen molar-refractivity contribution in [2.75, 3.05) is 20.0 Å². The van der Waals surface area contributed by atoms with Gasteiger partial charge in [-0.05, 0) is 0 Å². The fourth-order valence-corrected chi connectivity index (χ4v) is 0.396. The molecule has 0 rings (SSSR count). The van der Waals surface area contributed by atoms with E-state index in [9.17, 15) is 14.4 Å². The molecule has 0 aliphatic heterocycles. The Hall–Kier alpha value is -1.43. The smallest absolute Gasteiger partial charge is 0.334 e. The number of esters is 2. The summed E-state index contributed by atoms with van der Waals surface area (Å²) in [5.74, 6) is -1.26. The van der Waals surface area contributed by atoms with E-state index in [4.69, 9.17) is 0 Å². The van der Waals surface area contributed by atoms with Crippen LogP contribution in [0.2, 0.25) is 0 Å². The van der Waals surface area contributed by atoms with Crippen LogP contribution in [0, 0.1) is 0 Å². The number of hydrogen-bond acceptors (Lipinski definition) is 6. The van der Waals surface area contributed by atoms with Crippen molar-refractivity contribution in [3.8, 4) is 0 Å². The molecular weight excluding hydrogens is 180 g/mol. The summed E-state index contributed by atoms with van der Waals surface area (Å²) < 4.78 is 13.1. The minimum Gasteiger partial charge on any atom is -0.428 e. The van der Waals surface area contributed by atoms with Crippen LogP contribution in [0.4, 0.5) is 0 Å². The van der Waals surface area contributed by atoms with E-state index in [0.29, 0.717) is 0 Å². The predicted octanol–water partition coefficient (Wildman–Crippen LogP) is -0.824. The van der Waals surface area contributed by atoms with Crippen LogP contribution in [-0.4, -0.2) is 38.2 Å². The lowest BCUT2D eigenvalue weighted by Crippen LogP contribution is -2.16. The van der Waals surface area contributed by atoms with E-state index in [1.165, 1.54) is 13.2 Å². The molecule has 0 heterocycles. The molecule has 0 aromatic heterocycles. The van der Waals surface area contributed by atoms with Crippen molar-refractivity contribution in [1.29, 1.82) is 0 Å². The fraction of sp³-hybridized carbons (Fsp3) is 0.571. The molecule has 1 radical (unpaired) electrons. The largest absolute Gasteiger partial charge is 0.428 e. The Kier molecular flexibility index (Phi) is 6.44. The maximum atomic E-state index is 10.6. The Morgan fingerprint density at radius 1 is 1.31 bits per heavy atom. The van der Waals surface area contributed by atoms with Crippen LogP contribution in [0.5, 0.6) is 0 Å². The fourth-order valence-electron chi connectivity index (χ4n) is 0.396. The van der Waals surface area contributed by atoms with Crippen LogP contribution in [0.1, 0.15) is 6.92 Å². The van der Waals surface area contributed by atoms with Gasteiger partial charge in [-0.3, -0.25) is 9.59 Å². The van der Waals surface area contributed by atoms with Crippen LogP contribution >= 0.6 is 0 Å². The predicted molar refractivity (Wildman–Crippen MR) is 39.2 cm³/mol. The van der Waals surface area contributed by atoms with Gasteiger partial charge >= 0.3 is 11.9 Å². The second-order valence-corrected chi connectivity index (χ2v) is 1.91. The Balaban J connectivity index is 3.30. The van der Waals surface area contributed by atoms with Crippen molar-refractivity contribution < 1.29 is 28.6 Å². The summed E-state index contributed by atoms with van der Waals surface area (Å²) in [6, 6.07) is 0. The van der Waals surface area contributed by atoms with E-state index in [1.807, 2.05) is 0 Å². The normalized spacial score (nSPS) is 9.00. The molecule has 6 heteroatoms. The number of carbonyl (C=O) groups excluding carboxylic acids is 3. The summed E-state index contributed by atoms with van der Waals surface area (Å²) in [4.78, 5) is 30.4. The highest BCUT2D eigenvalue weighted by Gasteiger charge is 2.02. The zero-order chi connectivity index (χ0) is 10.1. The molecule has 0 saturated heterocycles. The van der Waals surface area contributed by atoms with E-state index in [-0.39, 0.29) is 13.2 Å². The van der Waals surface area contributed by atoms with Gasteiger partial charge in [-0.2, -0.15) is 0 Å². The van der Waals surface area contributed by atoms with E-state index in [1.54, 1.807) is 0 Å². The molecule has 0 spiro atoms. The summed E-state index contributed by atoms with van der Waals surface area (Å²) in [5.41, 5.74) is 0. The molecule has 0 aliphatic carbocycles. The lowest BCUT2D eigenvalue weighted by molar-refractivity contribution is -0.168. The first kappa shape index (κ1) is 11.6. The van der Waals surface area contributed by atoms with Crippen LogP contribution in [0.25, 0.3) is 0 Å². The molecule has 6 nitrogen and oxygen atoms in total. The second-order valence-electron chi connectivity index (χ2n) is 1.91. The molecular formula is C7H9O6. The Labute approximate surface area is 74.8 Å². The molecule has 0 N–H and O–H groups in total. The average Bonchev–Trinajstić information content (AvgIpc) is 2.04. The third kappa shape index (κ3) is 8.48. The Morgan fingerprint density at radius 3 is 2.54 bits per heavy atom. The molecule has 0 aromatic rings. The number of carbonyl (C=O) groups is 2. The highest BCUT2D eigenvalue weighted by atomic mass is 16.7. The summed E-state index contributed by atoms with van der Waals surface area (Å²) in [7, 11) is 0. The summed E-state index contributed by atoms with van der Waals surface area (Å²) in [6.07, 6.45) is 1.43. The standard InChI is InChI=1S/C7H9O6/c1-6(9)12-5-13-7(10)4-11-3-2-8/h3-5H2,1H3. The van der Waals surface area contributed by atoms with Crippen LogP contribution in [0.15, 0.2) is 0 Å². The molecule has 0 amide bonds. The molecule has 0 aromatic carbocycles. The summed E-state index contributed by atoms with van der Waals surface area (Å²) in [5, 5.41) is 0. The molecule has 0 saturated carbocycles. The highest BCUT2D eigenvalue weighted by Crippen LogP contribution is 1.83. The first-order valence-corrected chi connectivity index (χ1v) is 3.38. The zero-order valence-corrected chi connectivity index (χ0v) is 7.07. The molecule has 0 aliphatic rings. The lowest BCUT2D eigenvalue weighted by atomic mass is 10.7. The van der Waals surface area contributed by atoms with E-state index < -0.39 is 18.7 Å². The molecule has 0 fully saturated rings. The zero-order valence-electron chi connectivity index (χ0n) is 7.07. The van der Waals surface area contributed by atoms with Gasteiger partial charge in [0.25, 0.3) is 0 Å². The van der Waals surface area contributed by atoms with Crippen molar-refractivity contribution >= 4 is 18.2 Å². The first-order valence-electron chi connectivity index (χ1n) is 3.38. The van der Waals surface area contributed by atoms with Gasteiger partial charge in [0.15, 0.2) is 0 Å². The summed E-state index contributed by atoms with van der Waals surface area (Å²) in [6.45, 7) is 0.0905. The lowest BCUT2D eigenvalue weighted by Gasteiger charge is -2.03. The quantitative estimate of drug-likeness (QED) is 0.308. The first-order chi connectivity index (χ1) is 6.16. The minimum absolute atomic E-state index is 0.289. The molecule has 0 atom stereocenters. The third-order valence-corrected chi connectivity index (χ3v) is 0.863. The van der Waals surface area contributed by atoms with Gasteiger partial charge in [0.1, 0.15) is 13.2 Å². The number of hydrogen-bond donors (Lipinski definition) is 0. The maximum absolute atomic E-state index is 10.6. The number of ether oxygens (including phenoxy) is 3. The maximum Gasteiger partial charge on any atom is 0.334 e. The molecule has 0 unspecified atom stereocenters. The monoisotopic (exact) mass is 189 g/mol. The SMILES string of the molecule is CC(=O)OCOC(=O)COC[C]=O. The van der Waals surface area contributed by atoms with Gasteiger partial charge in [0.05, 0.1) is 0 Å². The highest BCUT2D eigenvalue weighted by molar-refractivity contribution is 5.71. The molecule has 13 heavy (non-hydrogen) atoms. The Bertz CT molecular complexity index is 187. The van der Waals surface area contributed by atoms with Gasteiger partial charge in [0.2, 0.25) is 13.1 Å². The van der Waals surface area contributed by atoms with Crippen molar-refractivity contribution in [3.63, 3.8) is 0 Å². The minimum atomic E-state index is -0.712. The number of rotatable bonds is 6. The average molecular weight is 189 g/mol. The second kappa shape index (κ2) is 7.23. The van der Waals surface area contributed by atoms with E-state index in [2.05, 4.69) is 14.2 Å². The van der Waals surface area contributed by atoms with Crippen molar-refractivity contribution in [1.82, 2.24) is 0 Å². The van der Waals surface area contributed by atoms with Crippen molar-refractivity contribution in [2.24, 2.45) is 0 Å². The summed E-state index contributed by atoms with van der Waals surface area (Å²) >= 11 is 0. The molecule has 0 bridgehead atoms. The topological polar surface area (TPSA) is 78.9 Å². The third-order valence-electron chi connectivity index (χ3n) is 0.863. The van der Waals surface area contributed by atoms with E-state index in [0.717, 1.165) is 0 Å². The van der Waals surface area contributed by atoms with Gasteiger partial charge in [-0.25, -0.2) is 4.79 Å². The van der Waals surface area contributed by atoms with Gasteiger partial charge in [-0.1, -0.05) is 0 Å². The van der Waals surface area contributed by atoms with Crippen molar-refractivity contribution in [2.45, 2.75) is 6.92 Å². The Morgan fingerprint density at radius 2 is 2.00 bits per heavy atom. The van der Waals surface area contributed by atoms with Crippen LogP contribution < -0.4 is 0 Å². The van der Waals surface area contributed by atoms with Crippen molar-refractivity contribution in [3.05, 3.63) is 0 Å². The van der Waals surface area contributed by atoms with Crippen LogP contribution in [-0.2, 0) is 28.6 Å². The van der Waals surface area contributed by atoms with Gasteiger partial charge < -0.3 is 14.2 Å². The van der Waals surface area contributed by atoms with E-state index >= 15 is 0 Å². The molecule has 73 valence electrons. The van der Waals surface area contributed by atoms with Crippen LogP contribution in [0.3, 0.4) is 0 Å². The van der Waals surface area contributed by atoms with Gasteiger partial charge in [0, 0.05) is 6.92 Å².